The van der Waals surface area contributed by atoms with Crippen molar-refractivity contribution in [2.75, 3.05) is 25.0 Å². The Morgan fingerprint density at radius 3 is 2.77 bits per heavy atom. The van der Waals surface area contributed by atoms with Crippen molar-refractivity contribution in [1.82, 2.24) is 10.2 Å². The predicted molar refractivity (Wildman–Crippen MR) is 99.1 cm³/mol. The van der Waals surface area contributed by atoms with Crippen molar-refractivity contribution in [3.63, 3.8) is 0 Å². The van der Waals surface area contributed by atoms with E-state index in [2.05, 4.69) is 10.6 Å². The number of carbonyl (C=O) groups is 3. The number of carbonyl (C=O) groups excluding carboxylic acids is 3. The van der Waals surface area contributed by atoms with Crippen LogP contribution < -0.4 is 10.6 Å². The fourth-order valence-corrected chi connectivity index (χ4v) is 4.21. The maximum Gasteiger partial charge on any atom is 0.409 e. The number of likely N-dealkylation sites (tertiary alicyclic amines) is 1. The highest BCUT2D eigenvalue weighted by molar-refractivity contribution is 8.01. The first kappa shape index (κ1) is 18.6. The summed E-state index contributed by atoms with van der Waals surface area (Å²) in [5.41, 5.74) is 0.797. The standard InChI is InChI=1S/C18H23N3O4S/c1-2-25-18(24)21-9-7-12(8-10-21)19-16(22)11-15-17(23)20-13-5-3-4-6-14(13)26-15/h3-6,12,15H,2,7-11H2,1H3,(H,19,22)(H,20,23)/t15-/m0/s1. The van der Waals surface area contributed by atoms with E-state index < -0.39 is 5.25 Å². The van der Waals surface area contributed by atoms with E-state index in [1.807, 2.05) is 24.3 Å². The molecule has 0 unspecified atom stereocenters. The fraction of sp³-hybridized carbons (Fsp3) is 0.500. The quantitative estimate of drug-likeness (QED) is 0.840. The van der Waals surface area contributed by atoms with Gasteiger partial charge in [0.1, 0.15) is 0 Å². The molecule has 0 saturated carbocycles. The van der Waals surface area contributed by atoms with E-state index in [-0.39, 0.29) is 30.4 Å². The highest BCUT2D eigenvalue weighted by Gasteiger charge is 2.30. The Kier molecular flexibility index (Phi) is 6.03. The van der Waals surface area contributed by atoms with Gasteiger partial charge in [-0.1, -0.05) is 12.1 Å². The topological polar surface area (TPSA) is 87.7 Å². The zero-order valence-electron chi connectivity index (χ0n) is 14.7. The first-order valence-corrected chi connectivity index (χ1v) is 9.72. The van der Waals surface area contributed by atoms with Crippen molar-refractivity contribution in [3.8, 4) is 0 Å². The summed E-state index contributed by atoms with van der Waals surface area (Å²) in [6, 6.07) is 7.60. The zero-order valence-corrected chi connectivity index (χ0v) is 15.5. The molecule has 0 aromatic heterocycles. The van der Waals surface area contributed by atoms with Gasteiger partial charge in [-0.3, -0.25) is 9.59 Å². The number of ether oxygens (including phenoxy) is 1. The van der Waals surface area contributed by atoms with Crippen LogP contribution in [0.1, 0.15) is 26.2 Å². The van der Waals surface area contributed by atoms with Crippen molar-refractivity contribution in [2.24, 2.45) is 0 Å². The van der Waals surface area contributed by atoms with Crippen LogP contribution in [0, 0.1) is 0 Å². The Morgan fingerprint density at radius 1 is 1.31 bits per heavy atom. The van der Waals surface area contributed by atoms with Crippen LogP contribution in [0.25, 0.3) is 0 Å². The predicted octanol–water partition coefficient (Wildman–Crippen LogP) is 2.23. The van der Waals surface area contributed by atoms with Crippen LogP contribution in [-0.4, -0.2) is 53.8 Å². The van der Waals surface area contributed by atoms with E-state index in [1.54, 1.807) is 11.8 Å². The molecule has 3 amide bonds. The molecule has 0 radical (unpaired) electrons. The van der Waals surface area contributed by atoms with E-state index in [1.165, 1.54) is 11.8 Å². The summed E-state index contributed by atoms with van der Waals surface area (Å²) < 4.78 is 4.99. The number of thioether (sulfide) groups is 1. The van der Waals surface area contributed by atoms with Gasteiger partial charge in [-0.2, -0.15) is 0 Å². The van der Waals surface area contributed by atoms with Gasteiger partial charge in [0.25, 0.3) is 0 Å². The molecule has 0 aliphatic carbocycles. The lowest BCUT2D eigenvalue weighted by atomic mass is 10.1. The molecule has 1 aromatic rings. The molecule has 0 bridgehead atoms. The molecule has 7 nitrogen and oxygen atoms in total. The van der Waals surface area contributed by atoms with Gasteiger partial charge in [0.15, 0.2) is 0 Å². The van der Waals surface area contributed by atoms with Crippen molar-refractivity contribution in [3.05, 3.63) is 24.3 Å². The summed E-state index contributed by atoms with van der Waals surface area (Å²) in [5, 5.41) is 5.42. The number of para-hydroxylation sites is 1. The minimum absolute atomic E-state index is 0.0251. The van der Waals surface area contributed by atoms with Gasteiger partial charge in [-0.25, -0.2) is 4.79 Å². The number of anilines is 1. The zero-order chi connectivity index (χ0) is 18.5. The smallest absolute Gasteiger partial charge is 0.409 e. The Balaban J connectivity index is 1.46. The van der Waals surface area contributed by atoms with Gasteiger partial charge in [-0.15, -0.1) is 11.8 Å². The van der Waals surface area contributed by atoms with Crippen LogP contribution in [-0.2, 0) is 14.3 Å². The highest BCUT2D eigenvalue weighted by atomic mass is 32.2. The van der Waals surface area contributed by atoms with Crippen LogP contribution in [0.4, 0.5) is 10.5 Å². The van der Waals surface area contributed by atoms with Crippen LogP contribution >= 0.6 is 11.8 Å². The monoisotopic (exact) mass is 377 g/mol. The van der Waals surface area contributed by atoms with Crippen LogP contribution in [0.5, 0.6) is 0 Å². The Hall–Kier alpha value is -2.22. The lowest BCUT2D eigenvalue weighted by molar-refractivity contribution is -0.124. The molecule has 26 heavy (non-hydrogen) atoms. The Labute approximate surface area is 156 Å². The van der Waals surface area contributed by atoms with Crippen LogP contribution in [0.3, 0.4) is 0 Å². The number of fused-ring (bicyclic) bond motifs is 1. The maximum atomic E-state index is 12.3. The van der Waals surface area contributed by atoms with Crippen LogP contribution in [0.2, 0.25) is 0 Å². The molecule has 140 valence electrons. The number of nitrogens with one attached hydrogen (secondary N) is 2. The number of hydrogen-bond donors (Lipinski definition) is 2. The van der Waals surface area contributed by atoms with Crippen LogP contribution in [0.15, 0.2) is 29.2 Å². The van der Waals surface area contributed by atoms with Crippen molar-refractivity contribution >= 4 is 35.4 Å². The minimum Gasteiger partial charge on any atom is -0.450 e. The van der Waals surface area contributed by atoms with E-state index in [4.69, 9.17) is 4.74 Å². The molecular weight excluding hydrogens is 354 g/mol. The third kappa shape index (κ3) is 4.49. The minimum atomic E-state index is -0.426. The van der Waals surface area contributed by atoms with Gasteiger partial charge in [0.2, 0.25) is 11.8 Å². The molecule has 2 aliphatic heterocycles. The number of benzene rings is 1. The number of hydrogen-bond acceptors (Lipinski definition) is 5. The van der Waals surface area contributed by atoms with Gasteiger partial charge in [0, 0.05) is 30.4 Å². The van der Waals surface area contributed by atoms with Gasteiger partial charge in [0.05, 0.1) is 17.5 Å². The molecule has 2 N–H and O–H groups in total. The molecule has 1 saturated heterocycles. The summed E-state index contributed by atoms with van der Waals surface area (Å²) in [7, 11) is 0. The summed E-state index contributed by atoms with van der Waals surface area (Å²) >= 11 is 1.42. The lowest BCUT2D eigenvalue weighted by Crippen LogP contribution is -2.47. The average molecular weight is 377 g/mol. The first-order valence-electron chi connectivity index (χ1n) is 8.84. The number of amides is 3. The number of rotatable bonds is 4. The molecule has 1 fully saturated rings. The van der Waals surface area contributed by atoms with Crippen molar-refractivity contribution in [1.29, 1.82) is 0 Å². The van der Waals surface area contributed by atoms with E-state index in [0.29, 0.717) is 32.5 Å². The van der Waals surface area contributed by atoms with E-state index >= 15 is 0 Å². The Bertz CT molecular complexity index is 689. The Morgan fingerprint density at radius 2 is 2.04 bits per heavy atom. The summed E-state index contributed by atoms with van der Waals surface area (Å²) in [6.45, 7) is 3.27. The largest absolute Gasteiger partial charge is 0.450 e. The summed E-state index contributed by atoms with van der Waals surface area (Å²) in [4.78, 5) is 38.9. The third-order valence-electron chi connectivity index (χ3n) is 4.46. The lowest BCUT2D eigenvalue weighted by Gasteiger charge is -2.32. The molecule has 8 heteroatoms. The highest BCUT2D eigenvalue weighted by Crippen LogP contribution is 2.36. The molecule has 2 aliphatic rings. The molecule has 3 rings (SSSR count). The third-order valence-corrected chi connectivity index (χ3v) is 5.74. The summed E-state index contributed by atoms with van der Waals surface area (Å²) in [6.07, 6.45) is 1.23. The average Bonchev–Trinajstić information content (AvgIpc) is 2.63. The maximum absolute atomic E-state index is 12.3. The van der Waals surface area contributed by atoms with Crippen molar-refractivity contribution < 1.29 is 19.1 Å². The molecule has 0 spiro atoms. The number of nitrogens with zero attached hydrogens (tertiary/aromatic N) is 1. The second kappa shape index (κ2) is 8.44. The van der Waals surface area contributed by atoms with E-state index in [0.717, 1.165) is 10.6 Å². The van der Waals surface area contributed by atoms with Gasteiger partial charge in [-0.05, 0) is 31.9 Å². The molecular formula is C18H23N3O4S. The van der Waals surface area contributed by atoms with E-state index in [9.17, 15) is 14.4 Å². The molecule has 2 heterocycles. The second-order valence-corrected chi connectivity index (χ2v) is 7.57. The van der Waals surface area contributed by atoms with Crippen molar-refractivity contribution in [2.45, 2.75) is 42.4 Å². The first-order chi connectivity index (χ1) is 12.6. The van der Waals surface area contributed by atoms with Gasteiger partial charge >= 0.3 is 6.09 Å². The number of piperidine rings is 1. The molecule has 1 atom stereocenters. The molecule has 1 aromatic carbocycles. The van der Waals surface area contributed by atoms with Gasteiger partial charge < -0.3 is 20.3 Å². The SMILES string of the molecule is CCOC(=O)N1CCC(NC(=O)C[C@@H]2Sc3ccccc3NC2=O)CC1. The normalized spacial score (nSPS) is 20.1. The second-order valence-electron chi connectivity index (χ2n) is 6.32. The fourth-order valence-electron chi connectivity index (χ4n) is 3.10. The summed E-state index contributed by atoms with van der Waals surface area (Å²) in [5.74, 6) is -0.271.